The third-order valence-corrected chi connectivity index (χ3v) is 4.75. The zero-order chi connectivity index (χ0) is 19.1. The molecule has 7 nitrogen and oxygen atoms in total. The minimum atomic E-state index is -0.757. The highest BCUT2D eigenvalue weighted by Gasteiger charge is 2.07. The van der Waals surface area contributed by atoms with E-state index in [-0.39, 0.29) is 6.42 Å². The van der Waals surface area contributed by atoms with Crippen molar-refractivity contribution in [3.63, 3.8) is 0 Å². The molecule has 3 aromatic rings. The van der Waals surface area contributed by atoms with Gasteiger partial charge in [0.2, 0.25) is 0 Å². The van der Waals surface area contributed by atoms with Gasteiger partial charge in [0.1, 0.15) is 11.6 Å². The molecular formula is C19H21N5O2S. The van der Waals surface area contributed by atoms with Crippen molar-refractivity contribution in [2.45, 2.75) is 26.2 Å². The van der Waals surface area contributed by atoms with Gasteiger partial charge in [0.15, 0.2) is 5.13 Å². The number of carboxylic acids is 1. The van der Waals surface area contributed by atoms with Crippen LogP contribution in [0.2, 0.25) is 0 Å². The summed E-state index contributed by atoms with van der Waals surface area (Å²) in [6.07, 6.45) is 5.20. The monoisotopic (exact) mass is 383 g/mol. The second-order valence-electron chi connectivity index (χ2n) is 6.06. The molecule has 0 saturated heterocycles. The van der Waals surface area contributed by atoms with Crippen LogP contribution in [0.25, 0.3) is 10.6 Å². The number of anilines is 3. The number of thiazole rings is 1. The number of aryl methyl sites for hydroxylation is 1. The lowest BCUT2D eigenvalue weighted by Crippen LogP contribution is -2.02. The predicted octanol–water partition coefficient (Wildman–Crippen LogP) is 4.32. The summed E-state index contributed by atoms with van der Waals surface area (Å²) >= 11 is 1.52. The lowest BCUT2D eigenvalue weighted by atomic mass is 10.2. The Kier molecular flexibility index (Phi) is 6.32. The Balaban J connectivity index is 1.60. The molecule has 0 aliphatic heterocycles. The summed E-state index contributed by atoms with van der Waals surface area (Å²) in [7, 11) is 0. The van der Waals surface area contributed by atoms with Crippen molar-refractivity contribution in [1.82, 2.24) is 15.0 Å². The summed E-state index contributed by atoms with van der Waals surface area (Å²) in [4.78, 5) is 24.8. The highest BCUT2D eigenvalue weighted by molar-refractivity contribution is 7.18. The highest BCUT2D eigenvalue weighted by atomic mass is 32.1. The predicted molar refractivity (Wildman–Crippen MR) is 108 cm³/mol. The first kappa shape index (κ1) is 18.8. The number of pyridine rings is 2. The molecule has 0 spiro atoms. The van der Waals surface area contributed by atoms with Gasteiger partial charge in [-0.1, -0.05) is 17.4 Å². The van der Waals surface area contributed by atoms with E-state index in [9.17, 15) is 4.79 Å². The number of carbonyl (C=O) groups is 1. The zero-order valence-electron chi connectivity index (χ0n) is 15.0. The fraction of sp³-hybridized carbons (Fsp3) is 0.263. The summed E-state index contributed by atoms with van der Waals surface area (Å²) in [5, 5.41) is 15.9. The molecule has 8 heteroatoms. The number of aliphatic carboxylic acids is 1. The minimum absolute atomic E-state index is 0.199. The number of rotatable bonds is 9. The van der Waals surface area contributed by atoms with Gasteiger partial charge >= 0.3 is 5.97 Å². The van der Waals surface area contributed by atoms with Crippen molar-refractivity contribution >= 4 is 34.1 Å². The maximum atomic E-state index is 10.5. The molecule has 3 heterocycles. The third kappa shape index (κ3) is 5.75. The number of carboxylic acid groups (broad SMARTS) is 1. The van der Waals surface area contributed by atoms with Crippen molar-refractivity contribution in [2.24, 2.45) is 0 Å². The standard InChI is InChI=1S/C19H21N5O2S/c1-13-8-10-20-17(11-13)24-16-6-4-5-14(23-16)15-12-22-19(27-15)21-9-3-2-7-18(25)26/h4-6,8,10-12H,2-3,7,9H2,1H3,(H,21,22)(H,25,26)(H,20,23,24). The molecule has 0 amide bonds. The smallest absolute Gasteiger partial charge is 0.303 e. The molecule has 0 aromatic carbocycles. The Morgan fingerprint density at radius 3 is 2.89 bits per heavy atom. The molecule has 3 N–H and O–H groups in total. The van der Waals surface area contributed by atoms with Crippen molar-refractivity contribution in [3.8, 4) is 10.6 Å². The highest BCUT2D eigenvalue weighted by Crippen LogP contribution is 2.28. The first-order valence-electron chi connectivity index (χ1n) is 8.69. The number of hydrogen-bond donors (Lipinski definition) is 3. The normalized spacial score (nSPS) is 10.6. The van der Waals surface area contributed by atoms with E-state index in [0.717, 1.165) is 39.3 Å². The Hall–Kier alpha value is -3.00. The van der Waals surface area contributed by atoms with Gasteiger partial charge in [-0.3, -0.25) is 4.79 Å². The van der Waals surface area contributed by atoms with E-state index >= 15 is 0 Å². The Labute approximate surface area is 161 Å². The molecule has 0 atom stereocenters. The molecule has 0 unspecified atom stereocenters. The van der Waals surface area contributed by atoms with Gasteiger partial charge in [0.25, 0.3) is 0 Å². The van der Waals surface area contributed by atoms with Crippen LogP contribution in [0.3, 0.4) is 0 Å². The molecule has 3 rings (SSSR count). The second kappa shape index (κ2) is 9.09. The zero-order valence-corrected chi connectivity index (χ0v) is 15.8. The van der Waals surface area contributed by atoms with E-state index in [1.54, 1.807) is 12.4 Å². The minimum Gasteiger partial charge on any atom is -0.481 e. The molecule has 0 saturated carbocycles. The van der Waals surface area contributed by atoms with Gasteiger partial charge in [-0.05, 0) is 49.6 Å². The van der Waals surface area contributed by atoms with Gasteiger partial charge in [-0.2, -0.15) is 0 Å². The number of nitrogens with one attached hydrogen (secondary N) is 2. The molecule has 3 aromatic heterocycles. The number of aromatic nitrogens is 3. The third-order valence-electron chi connectivity index (χ3n) is 3.77. The summed E-state index contributed by atoms with van der Waals surface area (Å²) in [6.45, 7) is 2.72. The van der Waals surface area contributed by atoms with E-state index in [2.05, 4.69) is 25.6 Å². The maximum absolute atomic E-state index is 10.5. The van der Waals surface area contributed by atoms with Gasteiger partial charge in [0, 0.05) is 25.4 Å². The molecular weight excluding hydrogens is 362 g/mol. The first-order valence-corrected chi connectivity index (χ1v) is 9.50. The average molecular weight is 383 g/mol. The van der Waals surface area contributed by atoms with E-state index < -0.39 is 5.97 Å². The topological polar surface area (TPSA) is 100 Å². The van der Waals surface area contributed by atoms with E-state index in [1.807, 2.05) is 37.3 Å². The summed E-state index contributed by atoms with van der Waals surface area (Å²) in [6, 6.07) is 9.70. The SMILES string of the molecule is Cc1ccnc(Nc2cccc(-c3cnc(NCCCCC(=O)O)s3)n2)c1. The van der Waals surface area contributed by atoms with E-state index in [0.29, 0.717) is 13.0 Å². The van der Waals surface area contributed by atoms with Gasteiger partial charge < -0.3 is 15.7 Å². The van der Waals surface area contributed by atoms with Crippen LogP contribution in [-0.4, -0.2) is 32.6 Å². The largest absolute Gasteiger partial charge is 0.481 e. The lowest BCUT2D eigenvalue weighted by Gasteiger charge is -2.06. The van der Waals surface area contributed by atoms with Gasteiger partial charge in [0.05, 0.1) is 10.6 Å². The van der Waals surface area contributed by atoms with Crippen LogP contribution >= 0.6 is 11.3 Å². The summed E-state index contributed by atoms with van der Waals surface area (Å²) in [5.74, 6) is 0.724. The lowest BCUT2D eigenvalue weighted by molar-refractivity contribution is -0.137. The number of nitrogens with zero attached hydrogens (tertiary/aromatic N) is 3. The fourth-order valence-electron chi connectivity index (χ4n) is 2.45. The Morgan fingerprint density at radius 2 is 2.07 bits per heavy atom. The van der Waals surface area contributed by atoms with Gasteiger partial charge in [-0.25, -0.2) is 15.0 Å². The van der Waals surface area contributed by atoms with Gasteiger partial charge in [-0.15, -0.1) is 0 Å². The van der Waals surface area contributed by atoms with Crippen molar-refractivity contribution in [2.75, 3.05) is 17.2 Å². The van der Waals surface area contributed by atoms with Crippen LogP contribution < -0.4 is 10.6 Å². The Morgan fingerprint density at radius 1 is 1.19 bits per heavy atom. The van der Waals surface area contributed by atoms with Crippen molar-refractivity contribution in [1.29, 1.82) is 0 Å². The van der Waals surface area contributed by atoms with E-state index in [4.69, 9.17) is 5.11 Å². The molecule has 0 aliphatic rings. The molecule has 140 valence electrons. The quantitative estimate of drug-likeness (QED) is 0.473. The van der Waals surface area contributed by atoms with Crippen molar-refractivity contribution in [3.05, 3.63) is 48.3 Å². The summed E-state index contributed by atoms with van der Waals surface area (Å²) in [5.41, 5.74) is 1.97. The first-order chi connectivity index (χ1) is 13.1. The van der Waals surface area contributed by atoms with Crippen LogP contribution in [0.5, 0.6) is 0 Å². The molecule has 0 radical (unpaired) electrons. The fourth-order valence-corrected chi connectivity index (χ4v) is 3.26. The average Bonchev–Trinajstić information content (AvgIpc) is 3.10. The van der Waals surface area contributed by atoms with Crippen LogP contribution in [0.1, 0.15) is 24.8 Å². The maximum Gasteiger partial charge on any atom is 0.303 e. The number of unbranched alkanes of at least 4 members (excludes halogenated alkanes) is 1. The molecule has 0 fully saturated rings. The Bertz CT molecular complexity index is 912. The molecule has 27 heavy (non-hydrogen) atoms. The van der Waals surface area contributed by atoms with Crippen LogP contribution in [0.4, 0.5) is 16.8 Å². The van der Waals surface area contributed by atoms with E-state index in [1.165, 1.54) is 11.3 Å². The number of hydrogen-bond acceptors (Lipinski definition) is 7. The van der Waals surface area contributed by atoms with Crippen LogP contribution in [0.15, 0.2) is 42.7 Å². The van der Waals surface area contributed by atoms with Crippen LogP contribution in [0, 0.1) is 6.92 Å². The molecule has 0 bridgehead atoms. The summed E-state index contributed by atoms with van der Waals surface area (Å²) < 4.78 is 0. The van der Waals surface area contributed by atoms with Crippen molar-refractivity contribution < 1.29 is 9.90 Å². The van der Waals surface area contributed by atoms with Crippen LogP contribution in [-0.2, 0) is 4.79 Å². The molecule has 0 aliphatic carbocycles. The second-order valence-corrected chi connectivity index (χ2v) is 7.09.